The van der Waals surface area contributed by atoms with Crippen LogP contribution >= 0.6 is 0 Å². The lowest BCUT2D eigenvalue weighted by atomic mass is 10.1. The highest BCUT2D eigenvalue weighted by Gasteiger charge is 2.32. The van der Waals surface area contributed by atoms with E-state index in [2.05, 4.69) is 5.32 Å². The van der Waals surface area contributed by atoms with Crippen LogP contribution < -0.4 is 10.1 Å². The Balaban J connectivity index is 2.00. The Kier molecular flexibility index (Phi) is 5.50. The van der Waals surface area contributed by atoms with Crippen molar-refractivity contribution in [3.8, 4) is 5.75 Å². The van der Waals surface area contributed by atoms with Crippen molar-refractivity contribution >= 4 is 11.4 Å². The highest BCUT2D eigenvalue weighted by molar-refractivity contribution is 5.50. The normalized spacial score (nSPS) is 14.4. The Bertz CT molecular complexity index is 753. The highest BCUT2D eigenvalue weighted by atomic mass is 19.1. The van der Waals surface area contributed by atoms with Crippen LogP contribution in [-0.2, 0) is 0 Å². The quantitative estimate of drug-likeness (QED) is 0.401. The van der Waals surface area contributed by atoms with Gasteiger partial charge in [-0.2, -0.15) is 4.39 Å². The molecule has 2 atom stereocenters. The second-order valence-corrected chi connectivity index (χ2v) is 5.57. The van der Waals surface area contributed by atoms with Gasteiger partial charge >= 0.3 is 5.69 Å². The third-order valence-corrected chi connectivity index (χ3v) is 3.38. The first-order valence-corrected chi connectivity index (χ1v) is 7.18. The number of aliphatic hydroxyl groups excluding tert-OH is 1. The van der Waals surface area contributed by atoms with Gasteiger partial charge in [-0.1, -0.05) is 0 Å². The van der Waals surface area contributed by atoms with Gasteiger partial charge in [0.2, 0.25) is 5.82 Å². The molecule has 0 aromatic heterocycles. The second kappa shape index (κ2) is 7.41. The van der Waals surface area contributed by atoms with Crippen LogP contribution in [0.15, 0.2) is 42.5 Å². The number of hydrogen-bond donors (Lipinski definition) is 3. The number of nitro groups is 1. The fourth-order valence-electron chi connectivity index (χ4n) is 1.90. The zero-order valence-electron chi connectivity index (χ0n) is 13.1. The molecule has 2 aromatic carbocycles. The lowest BCUT2D eigenvalue weighted by Gasteiger charge is -2.30. The van der Waals surface area contributed by atoms with Crippen LogP contribution in [0.3, 0.4) is 0 Å². The van der Waals surface area contributed by atoms with Gasteiger partial charge in [0, 0.05) is 17.8 Å². The standard InChI is InChI=1S/C16H16F2N2O5/c1-16(22,9-25-12-5-2-10(17)3-6-12)15(21)19-11-4-7-14(20(23)24)13(18)8-11/h2-8,15,19,21-22H,9H2,1H3/t15?,16-/m0/s1. The minimum Gasteiger partial charge on any atom is -0.490 e. The molecule has 2 aromatic rings. The smallest absolute Gasteiger partial charge is 0.304 e. The Morgan fingerprint density at radius 2 is 1.92 bits per heavy atom. The van der Waals surface area contributed by atoms with Crippen LogP contribution in [0.5, 0.6) is 5.75 Å². The molecule has 25 heavy (non-hydrogen) atoms. The maximum Gasteiger partial charge on any atom is 0.304 e. The number of nitrogens with one attached hydrogen (secondary N) is 1. The Hall–Kier alpha value is -2.78. The number of rotatable bonds is 7. The van der Waals surface area contributed by atoms with E-state index in [-0.39, 0.29) is 18.0 Å². The van der Waals surface area contributed by atoms with Gasteiger partial charge in [-0.25, -0.2) is 4.39 Å². The Labute approximate surface area is 141 Å². The number of ether oxygens (including phenoxy) is 1. The Morgan fingerprint density at radius 1 is 1.28 bits per heavy atom. The number of nitrogens with zero attached hydrogens (tertiary/aromatic N) is 1. The van der Waals surface area contributed by atoms with Crippen molar-refractivity contribution in [2.24, 2.45) is 0 Å². The van der Waals surface area contributed by atoms with Gasteiger partial charge in [0.15, 0.2) is 6.23 Å². The topological polar surface area (TPSA) is 105 Å². The molecule has 0 saturated heterocycles. The van der Waals surface area contributed by atoms with Crippen molar-refractivity contribution in [2.45, 2.75) is 18.8 Å². The molecule has 7 nitrogen and oxygen atoms in total. The van der Waals surface area contributed by atoms with E-state index in [4.69, 9.17) is 4.74 Å². The first-order valence-electron chi connectivity index (χ1n) is 7.18. The van der Waals surface area contributed by atoms with Crippen molar-refractivity contribution < 1.29 is 28.7 Å². The minimum absolute atomic E-state index is 0.0395. The average Bonchev–Trinajstić information content (AvgIpc) is 2.54. The molecule has 134 valence electrons. The van der Waals surface area contributed by atoms with E-state index in [0.717, 1.165) is 12.1 Å². The van der Waals surface area contributed by atoms with Crippen LogP contribution in [0.2, 0.25) is 0 Å². The maximum absolute atomic E-state index is 13.6. The SMILES string of the molecule is C[C@](O)(COc1ccc(F)cc1)C(O)Nc1ccc([N+](=O)[O-])c(F)c1. The number of anilines is 1. The van der Waals surface area contributed by atoms with E-state index in [1.165, 1.54) is 37.3 Å². The van der Waals surface area contributed by atoms with Gasteiger partial charge in [-0.05, 0) is 37.3 Å². The molecule has 1 unspecified atom stereocenters. The predicted molar refractivity (Wildman–Crippen MR) is 85.2 cm³/mol. The Morgan fingerprint density at radius 3 is 2.48 bits per heavy atom. The van der Waals surface area contributed by atoms with Crippen LogP contribution in [-0.4, -0.2) is 33.6 Å². The molecular weight excluding hydrogens is 338 g/mol. The zero-order chi connectivity index (χ0) is 18.6. The van der Waals surface area contributed by atoms with E-state index in [1.807, 2.05) is 0 Å². The van der Waals surface area contributed by atoms with Crippen molar-refractivity contribution in [1.82, 2.24) is 0 Å². The molecular formula is C16H16F2N2O5. The lowest BCUT2D eigenvalue weighted by molar-refractivity contribution is -0.387. The summed E-state index contributed by atoms with van der Waals surface area (Å²) in [5, 5.41) is 33.3. The van der Waals surface area contributed by atoms with Crippen molar-refractivity contribution in [3.63, 3.8) is 0 Å². The molecule has 0 aliphatic rings. The largest absolute Gasteiger partial charge is 0.490 e. The van der Waals surface area contributed by atoms with E-state index >= 15 is 0 Å². The zero-order valence-corrected chi connectivity index (χ0v) is 13.1. The monoisotopic (exact) mass is 354 g/mol. The third kappa shape index (κ3) is 4.85. The molecule has 9 heteroatoms. The van der Waals surface area contributed by atoms with Crippen LogP contribution in [0.25, 0.3) is 0 Å². The summed E-state index contributed by atoms with van der Waals surface area (Å²) in [5.41, 5.74) is -2.45. The second-order valence-electron chi connectivity index (χ2n) is 5.57. The molecule has 0 aliphatic carbocycles. The number of halogens is 2. The summed E-state index contributed by atoms with van der Waals surface area (Å²) in [6, 6.07) is 8.04. The van der Waals surface area contributed by atoms with Crippen molar-refractivity contribution in [2.75, 3.05) is 11.9 Å². The van der Waals surface area contributed by atoms with Crippen LogP contribution in [0, 0.1) is 21.7 Å². The van der Waals surface area contributed by atoms with Crippen molar-refractivity contribution in [3.05, 3.63) is 64.2 Å². The summed E-state index contributed by atoms with van der Waals surface area (Å²) < 4.78 is 31.7. The summed E-state index contributed by atoms with van der Waals surface area (Å²) in [6.07, 6.45) is -1.56. The molecule has 0 saturated carbocycles. The molecule has 0 radical (unpaired) electrons. The summed E-state index contributed by atoms with van der Waals surface area (Å²) >= 11 is 0. The highest BCUT2D eigenvalue weighted by Crippen LogP contribution is 2.23. The van der Waals surface area contributed by atoms with E-state index < -0.39 is 34.1 Å². The van der Waals surface area contributed by atoms with Gasteiger partial charge in [-0.15, -0.1) is 0 Å². The fraction of sp³-hybridized carbons (Fsp3) is 0.250. The number of aliphatic hydroxyl groups is 2. The average molecular weight is 354 g/mol. The molecule has 0 amide bonds. The van der Waals surface area contributed by atoms with Crippen LogP contribution in [0.4, 0.5) is 20.2 Å². The lowest BCUT2D eigenvalue weighted by Crippen LogP contribution is -2.48. The third-order valence-electron chi connectivity index (χ3n) is 3.38. The predicted octanol–water partition coefficient (Wildman–Crippen LogP) is 2.43. The maximum atomic E-state index is 13.6. The molecule has 0 spiro atoms. The molecule has 2 rings (SSSR count). The first kappa shape index (κ1) is 18.6. The molecule has 3 N–H and O–H groups in total. The van der Waals surface area contributed by atoms with Gasteiger partial charge in [-0.3, -0.25) is 10.1 Å². The summed E-state index contributed by atoms with van der Waals surface area (Å²) in [5.74, 6) is -1.24. The summed E-state index contributed by atoms with van der Waals surface area (Å²) in [6.45, 7) is 0.929. The number of hydrogen-bond acceptors (Lipinski definition) is 6. The van der Waals surface area contributed by atoms with Gasteiger partial charge in [0.25, 0.3) is 0 Å². The van der Waals surface area contributed by atoms with Gasteiger partial charge in [0.1, 0.15) is 23.8 Å². The molecule has 0 aliphatic heterocycles. The molecule has 0 bridgehead atoms. The van der Waals surface area contributed by atoms with Crippen LogP contribution in [0.1, 0.15) is 6.92 Å². The van der Waals surface area contributed by atoms with E-state index in [9.17, 15) is 29.1 Å². The fourth-order valence-corrected chi connectivity index (χ4v) is 1.90. The van der Waals surface area contributed by atoms with E-state index in [1.54, 1.807) is 0 Å². The number of nitro benzene ring substituents is 1. The van der Waals surface area contributed by atoms with E-state index in [0.29, 0.717) is 0 Å². The van der Waals surface area contributed by atoms with Gasteiger partial charge in [0.05, 0.1) is 4.92 Å². The minimum atomic E-state index is -1.79. The molecule has 0 fully saturated rings. The molecule has 0 heterocycles. The van der Waals surface area contributed by atoms with Crippen molar-refractivity contribution in [1.29, 1.82) is 0 Å². The summed E-state index contributed by atoms with van der Waals surface area (Å²) in [7, 11) is 0. The first-order chi connectivity index (χ1) is 11.7. The number of benzene rings is 2. The van der Waals surface area contributed by atoms with Gasteiger partial charge < -0.3 is 20.3 Å². The summed E-state index contributed by atoms with van der Waals surface area (Å²) in [4.78, 5) is 9.70.